The van der Waals surface area contributed by atoms with Crippen LogP contribution in [-0.2, 0) is 18.3 Å². The first-order chi connectivity index (χ1) is 8.24. The average Bonchev–Trinajstić information content (AvgIpc) is 2.75. The van der Waals surface area contributed by atoms with E-state index >= 15 is 0 Å². The molecule has 2 atom stereocenters. The van der Waals surface area contributed by atoms with Crippen molar-refractivity contribution in [1.82, 2.24) is 14.7 Å². The number of hydrogen-bond acceptors (Lipinski definition) is 4. The summed E-state index contributed by atoms with van der Waals surface area (Å²) in [5, 5.41) is 4.20. The Kier molecular flexibility index (Phi) is 4.15. The van der Waals surface area contributed by atoms with Crippen LogP contribution in [0, 0.1) is 0 Å². The van der Waals surface area contributed by atoms with E-state index < -0.39 is 0 Å². The summed E-state index contributed by atoms with van der Waals surface area (Å²) in [6.45, 7) is 2.66. The predicted molar refractivity (Wildman–Crippen MR) is 66.5 cm³/mol. The van der Waals surface area contributed by atoms with Gasteiger partial charge in [-0.1, -0.05) is 0 Å². The highest BCUT2D eigenvalue weighted by Gasteiger charge is 2.27. The van der Waals surface area contributed by atoms with E-state index in [9.17, 15) is 0 Å². The van der Waals surface area contributed by atoms with Gasteiger partial charge in [0.25, 0.3) is 0 Å². The van der Waals surface area contributed by atoms with Crippen LogP contribution in [0.15, 0.2) is 12.3 Å². The molecule has 1 fully saturated rings. The zero-order valence-corrected chi connectivity index (χ0v) is 10.7. The van der Waals surface area contributed by atoms with Gasteiger partial charge in [-0.25, -0.2) is 0 Å². The second kappa shape index (κ2) is 5.62. The van der Waals surface area contributed by atoms with Crippen molar-refractivity contribution >= 4 is 0 Å². The van der Waals surface area contributed by atoms with Crippen LogP contribution in [0.2, 0.25) is 0 Å². The summed E-state index contributed by atoms with van der Waals surface area (Å²) in [5.41, 5.74) is 7.09. The molecule has 5 nitrogen and oxygen atoms in total. The van der Waals surface area contributed by atoms with Crippen LogP contribution >= 0.6 is 0 Å². The monoisotopic (exact) mass is 238 g/mol. The van der Waals surface area contributed by atoms with E-state index in [4.69, 9.17) is 10.5 Å². The predicted octanol–water partition coefficient (Wildman–Crippen LogP) is 0.358. The lowest BCUT2D eigenvalue weighted by molar-refractivity contribution is 0.00941. The molecule has 2 unspecified atom stereocenters. The van der Waals surface area contributed by atoms with E-state index in [0.717, 1.165) is 25.9 Å². The summed E-state index contributed by atoms with van der Waals surface area (Å²) in [7, 11) is 3.77. The fourth-order valence-corrected chi connectivity index (χ4v) is 2.49. The van der Waals surface area contributed by atoms with Crippen LogP contribution in [0.5, 0.6) is 0 Å². The molecule has 2 rings (SSSR count). The summed E-state index contributed by atoms with van der Waals surface area (Å²) in [5.74, 6) is 0. The van der Waals surface area contributed by atoms with Gasteiger partial charge >= 0.3 is 0 Å². The topological polar surface area (TPSA) is 56.3 Å². The van der Waals surface area contributed by atoms with Crippen molar-refractivity contribution in [2.24, 2.45) is 12.8 Å². The number of nitrogens with two attached hydrogens (primary N) is 1. The molecule has 96 valence electrons. The first-order valence-corrected chi connectivity index (χ1v) is 6.18. The summed E-state index contributed by atoms with van der Waals surface area (Å²) >= 11 is 0. The molecule has 0 saturated carbocycles. The Morgan fingerprint density at radius 3 is 3.00 bits per heavy atom. The van der Waals surface area contributed by atoms with E-state index in [0.29, 0.717) is 18.7 Å². The first-order valence-electron chi connectivity index (χ1n) is 6.18. The molecule has 17 heavy (non-hydrogen) atoms. The average molecular weight is 238 g/mol. The maximum Gasteiger partial charge on any atom is 0.0599 e. The van der Waals surface area contributed by atoms with Crippen LogP contribution in [0.4, 0.5) is 0 Å². The molecule has 0 spiro atoms. The van der Waals surface area contributed by atoms with Crippen molar-refractivity contribution in [2.45, 2.75) is 31.5 Å². The van der Waals surface area contributed by atoms with Gasteiger partial charge in [0.1, 0.15) is 0 Å². The van der Waals surface area contributed by atoms with Gasteiger partial charge in [0.05, 0.1) is 11.8 Å². The maximum absolute atomic E-state index is 5.86. The van der Waals surface area contributed by atoms with Crippen molar-refractivity contribution < 1.29 is 4.74 Å². The molecule has 0 amide bonds. The zero-order chi connectivity index (χ0) is 12.3. The molecule has 1 aromatic heterocycles. The van der Waals surface area contributed by atoms with Crippen LogP contribution in [0.3, 0.4) is 0 Å². The molecule has 0 aliphatic carbocycles. The lowest BCUT2D eigenvalue weighted by atomic mass is 9.99. The third-order valence-electron chi connectivity index (χ3n) is 3.68. The van der Waals surface area contributed by atoms with E-state index in [1.807, 2.05) is 17.9 Å². The van der Waals surface area contributed by atoms with E-state index in [1.165, 1.54) is 5.69 Å². The highest BCUT2D eigenvalue weighted by atomic mass is 16.5. The molecule has 0 radical (unpaired) electrons. The minimum Gasteiger partial charge on any atom is -0.381 e. The minimum absolute atomic E-state index is 0.367. The third-order valence-corrected chi connectivity index (χ3v) is 3.68. The zero-order valence-electron chi connectivity index (χ0n) is 10.7. The van der Waals surface area contributed by atoms with Crippen LogP contribution in [0.1, 0.15) is 18.5 Å². The summed E-state index contributed by atoms with van der Waals surface area (Å²) in [6, 6.07) is 2.49. The van der Waals surface area contributed by atoms with Gasteiger partial charge < -0.3 is 10.5 Å². The summed E-state index contributed by atoms with van der Waals surface area (Å²) in [4.78, 5) is 2.44. The number of aromatic nitrogens is 2. The van der Waals surface area contributed by atoms with E-state index in [2.05, 4.69) is 16.1 Å². The van der Waals surface area contributed by atoms with Gasteiger partial charge in [-0.05, 0) is 18.9 Å². The standard InChI is InChI=1S/C12H22N4O/c1-15-10(3-5-14-15)9-16-6-4-12(17-2)7-11(16)8-13/h3,5,11-12H,4,6-9,13H2,1-2H3. The number of hydrogen-bond donors (Lipinski definition) is 1. The Hall–Kier alpha value is -0.910. The van der Waals surface area contributed by atoms with Gasteiger partial charge in [0.15, 0.2) is 0 Å². The maximum atomic E-state index is 5.86. The van der Waals surface area contributed by atoms with Gasteiger partial charge in [0, 0.05) is 46.0 Å². The Morgan fingerprint density at radius 1 is 1.59 bits per heavy atom. The lowest BCUT2D eigenvalue weighted by Crippen LogP contribution is -2.48. The highest BCUT2D eigenvalue weighted by Crippen LogP contribution is 2.20. The van der Waals surface area contributed by atoms with Gasteiger partial charge in [-0.15, -0.1) is 0 Å². The van der Waals surface area contributed by atoms with Crippen LogP contribution in [0.25, 0.3) is 0 Å². The molecular formula is C12H22N4O. The molecular weight excluding hydrogens is 216 g/mol. The first kappa shape index (κ1) is 12.5. The van der Waals surface area contributed by atoms with Gasteiger partial charge in [0.2, 0.25) is 0 Å². The van der Waals surface area contributed by atoms with Crippen molar-refractivity contribution in [3.63, 3.8) is 0 Å². The molecule has 0 aromatic carbocycles. The van der Waals surface area contributed by atoms with Crippen molar-refractivity contribution in [3.05, 3.63) is 18.0 Å². The molecule has 1 aromatic rings. The second-order valence-corrected chi connectivity index (χ2v) is 4.69. The molecule has 0 bridgehead atoms. The van der Waals surface area contributed by atoms with Crippen molar-refractivity contribution in [2.75, 3.05) is 20.2 Å². The van der Waals surface area contributed by atoms with E-state index in [-0.39, 0.29) is 0 Å². The van der Waals surface area contributed by atoms with Crippen molar-refractivity contribution in [1.29, 1.82) is 0 Å². The molecule has 5 heteroatoms. The number of aryl methyl sites for hydroxylation is 1. The molecule has 1 saturated heterocycles. The third kappa shape index (κ3) is 2.86. The number of nitrogens with zero attached hydrogens (tertiary/aromatic N) is 3. The quantitative estimate of drug-likeness (QED) is 0.823. The number of likely N-dealkylation sites (tertiary alicyclic amines) is 1. The lowest BCUT2D eigenvalue weighted by Gasteiger charge is -2.38. The Morgan fingerprint density at radius 2 is 2.41 bits per heavy atom. The van der Waals surface area contributed by atoms with Gasteiger partial charge in [-0.2, -0.15) is 5.10 Å². The van der Waals surface area contributed by atoms with Crippen molar-refractivity contribution in [3.8, 4) is 0 Å². The van der Waals surface area contributed by atoms with Gasteiger partial charge in [-0.3, -0.25) is 9.58 Å². The number of piperidine rings is 1. The molecule has 2 N–H and O–H groups in total. The summed E-state index contributed by atoms with van der Waals surface area (Å²) < 4.78 is 7.36. The number of methoxy groups -OCH3 is 1. The Balaban J connectivity index is 1.98. The summed E-state index contributed by atoms with van der Waals surface area (Å²) in [6.07, 6.45) is 4.33. The Labute approximate surface area is 103 Å². The number of rotatable bonds is 4. The van der Waals surface area contributed by atoms with Crippen LogP contribution in [-0.4, -0.2) is 47.0 Å². The molecule has 2 heterocycles. The largest absolute Gasteiger partial charge is 0.381 e. The fourth-order valence-electron chi connectivity index (χ4n) is 2.49. The van der Waals surface area contributed by atoms with Crippen LogP contribution < -0.4 is 5.73 Å². The minimum atomic E-state index is 0.367. The second-order valence-electron chi connectivity index (χ2n) is 4.69. The molecule has 1 aliphatic heterocycles. The number of ether oxygens (including phenoxy) is 1. The highest BCUT2D eigenvalue weighted by molar-refractivity contribution is 5.01. The fraction of sp³-hybridized carbons (Fsp3) is 0.750. The molecule has 1 aliphatic rings. The SMILES string of the molecule is COC1CCN(Cc2ccnn2C)C(CN)C1. The van der Waals surface area contributed by atoms with E-state index in [1.54, 1.807) is 7.11 Å². The normalized spacial score (nSPS) is 26.3. The smallest absolute Gasteiger partial charge is 0.0599 e. The Bertz CT molecular complexity index is 352.